The Hall–Kier alpha value is -1.49. The quantitative estimate of drug-likeness (QED) is 0.826. The topological polar surface area (TPSA) is 30.7 Å². The lowest BCUT2D eigenvalue weighted by molar-refractivity contribution is 0.590. The molecular weight excluding hydrogens is 248 g/mol. The molecule has 1 aliphatic carbocycles. The second kappa shape index (κ2) is 3.77. The van der Waals surface area contributed by atoms with Gasteiger partial charge in [-0.1, -0.05) is 0 Å². The third-order valence-corrected chi connectivity index (χ3v) is 2.98. The van der Waals surface area contributed by atoms with E-state index in [0.717, 1.165) is 31.0 Å². The lowest BCUT2D eigenvalue weighted by Gasteiger charge is -2.08. The first-order chi connectivity index (χ1) is 8.16. The van der Waals surface area contributed by atoms with E-state index in [4.69, 9.17) is 11.6 Å². The van der Waals surface area contributed by atoms with Crippen LogP contribution >= 0.6 is 11.6 Å². The van der Waals surface area contributed by atoms with Gasteiger partial charge in [-0.15, -0.1) is 10.2 Å². The molecule has 1 aliphatic rings. The monoisotopic (exact) mass is 255 g/mol. The van der Waals surface area contributed by atoms with Crippen LogP contribution in [0.15, 0.2) is 18.2 Å². The lowest BCUT2D eigenvalue weighted by Crippen LogP contribution is -2.03. The summed E-state index contributed by atoms with van der Waals surface area (Å²) in [5.41, 5.74) is 0.0573. The molecule has 0 bridgehead atoms. The standard InChI is InChI=1S/C11H8ClF2N3/c12-11-16-15-10(6-1-2-6)17(11)9-5-7(13)3-4-8(9)14/h3-6H,1-2H2. The highest BCUT2D eigenvalue weighted by molar-refractivity contribution is 6.28. The second-order valence-corrected chi connectivity index (χ2v) is 4.37. The minimum atomic E-state index is -0.546. The minimum absolute atomic E-state index is 0.0522. The number of aromatic nitrogens is 3. The number of benzene rings is 1. The molecule has 1 saturated carbocycles. The molecule has 6 heteroatoms. The van der Waals surface area contributed by atoms with Gasteiger partial charge >= 0.3 is 0 Å². The van der Waals surface area contributed by atoms with E-state index < -0.39 is 11.6 Å². The average molecular weight is 256 g/mol. The predicted molar refractivity (Wildman–Crippen MR) is 58.3 cm³/mol. The number of nitrogens with zero attached hydrogens (tertiary/aromatic N) is 3. The van der Waals surface area contributed by atoms with Crippen molar-refractivity contribution in [1.29, 1.82) is 0 Å². The fourth-order valence-electron chi connectivity index (χ4n) is 1.76. The number of hydrogen-bond acceptors (Lipinski definition) is 2. The van der Waals surface area contributed by atoms with E-state index in [9.17, 15) is 8.78 Å². The van der Waals surface area contributed by atoms with Gasteiger partial charge in [0.2, 0.25) is 5.28 Å². The van der Waals surface area contributed by atoms with Crippen LogP contribution in [0.4, 0.5) is 8.78 Å². The highest BCUT2D eigenvalue weighted by Crippen LogP contribution is 2.40. The molecule has 1 aromatic carbocycles. The molecule has 0 saturated heterocycles. The summed E-state index contributed by atoms with van der Waals surface area (Å²) in [4.78, 5) is 0. The van der Waals surface area contributed by atoms with Crippen molar-refractivity contribution in [3.8, 4) is 5.69 Å². The molecule has 1 aromatic heterocycles. The van der Waals surface area contributed by atoms with Crippen molar-refractivity contribution in [2.45, 2.75) is 18.8 Å². The highest BCUT2D eigenvalue weighted by Gasteiger charge is 2.31. The van der Waals surface area contributed by atoms with Crippen molar-refractivity contribution in [1.82, 2.24) is 14.8 Å². The first-order valence-electron chi connectivity index (χ1n) is 5.23. The molecule has 0 aliphatic heterocycles. The van der Waals surface area contributed by atoms with Crippen LogP contribution in [0.25, 0.3) is 5.69 Å². The molecule has 3 rings (SSSR count). The highest BCUT2D eigenvalue weighted by atomic mass is 35.5. The van der Waals surface area contributed by atoms with Crippen LogP contribution in [-0.2, 0) is 0 Å². The van der Waals surface area contributed by atoms with Gasteiger partial charge in [0, 0.05) is 12.0 Å². The van der Waals surface area contributed by atoms with E-state index in [1.54, 1.807) is 0 Å². The summed E-state index contributed by atoms with van der Waals surface area (Å²) >= 11 is 5.88. The molecule has 0 unspecified atom stereocenters. The van der Waals surface area contributed by atoms with E-state index in [-0.39, 0.29) is 16.9 Å². The van der Waals surface area contributed by atoms with Crippen LogP contribution in [0.1, 0.15) is 24.6 Å². The summed E-state index contributed by atoms with van der Waals surface area (Å²) in [6, 6.07) is 3.22. The van der Waals surface area contributed by atoms with Crippen molar-refractivity contribution < 1.29 is 8.78 Å². The Morgan fingerprint density at radius 3 is 2.71 bits per heavy atom. The lowest BCUT2D eigenvalue weighted by atomic mass is 10.2. The maximum absolute atomic E-state index is 13.7. The van der Waals surface area contributed by atoms with Crippen LogP contribution in [0.2, 0.25) is 5.28 Å². The maximum atomic E-state index is 13.7. The Morgan fingerprint density at radius 1 is 1.24 bits per heavy atom. The molecule has 2 aromatic rings. The molecule has 1 heterocycles. The summed E-state index contributed by atoms with van der Waals surface area (Å²) in [5.74, 6) is -0.222. The molecule has 0 amide bonds. The summed E-state index contributed by atoms with van der Waals surface area (Å²) < 4.78 is 28.2. The zero-order valence-corrected chi connectivity index (χ0v) is 9.46. The molecule has 0 radical (unpaired) electrons. The van der Waals surface area contributed by atoms with E-state index in [0.29, 0.717) is 5.82 Å². The van der Waals surface area contributed by atoms with Crippen LogP contribution in [0.5, 0.6) is 0 Å². The first kappa shape index (κ1) is 10.7. The zero-order valence-electron chi connectivity index (χ0n) is 8.70. The largest absolute Gasteiger partial charge is 0.266 e. The second-order valence-electron chi connectivity index (χ2n) is 4.03. The Bertz CT molecular complexity index is 578. The molecular formula is C11H8ClF2N3. The van der Waals surface area contributed by atoms with Gasteiger partial charge in [-0.05, 0) is 36.6 Å². The number of halogens is 3. The number of rotatable bonds is 2. The van der Waals surface area contributed by atoms with E-state index >= 15 is 0 Å². The van der Waals surface area contributed by atoms with Gasteiger partial charge in [-0.25, -0.2) is 8.78 Å². The van der Waals surface area contributed by atoms with Crippen molar-refractivity contribution in [2.75, 3.05) is 0 Å². The van der Waals surface area contributed by atoms with Gasteiger partial charge in [0.15, 0.2) is 0 Å². The maximum Gasteiger partial charge on any atom is 0.229 e. The molecule has 3 nitrogen and oxygen atoms in total. The molecule has 17 heavy (non-hydrogen) atoms. The van der Waals surface area contributed by atoms with Gasteiger partial charge in [0.25, 0.3) is 0 Å². The number of hydrogen-bond donors (Lipinski definition) is 0. The summed E-state index contributed by atoms with van der Waals surface area (Å²) in [6.07, 6.45) is 1.96. The Balaban J connectivity index is 2.19. The van der Waals surface area contributed by atoms with Crippen molar-refractivity contribution in [3.05, 3.63) is 40.9 Å². The Labute approximate surface area is 101 Å². The van der Waals surface area contributed by atoms with Crippen molar-refractivity contribution in [3.63, 3.8) is 0 Å². The van der Waals surface area contributed by atoms with Crippen LogP contribution in [-0.4, -0.2) is 14.8 Å². The zero-order chi connectivity index (χ0) is 12.0. The molecule has 88 valence electrons. The molecule has 0 atom stereocenters. The van der Waals surface area contributed by atoms with Crippen LogP contribution in [0.3, 0.4) is 0 Å². The van der Waals surface area contributed by atoms with Gasteiger partial charge in [0.05, 0.1) is 5.69 Å². The van der Waals surface area contributed by atoms with Gasteiger partial charge in [0.1, 0.15) is 17.5 Å². The van der Waals surface area contributed by atoms with Gasteiger partial charge in [-0.2, -0.15) is 0 Å². The summed E-state index contributed by atoms with van der Waals surface area (Å²) in [5, 5.41) is 7.68. The van der Waals surface area contributed by atoms with E-state index in [1.165, 1.54) is 4.57 Å². The predicted octanol–water partition coefficient (Wildman–Crippen LogP) is 3.08. The molecule has 0 spiro atoms. The smallest absolute Gasteiger partial charge is 0.229 e. The summed E-state index contributed by atoms with van der Waals surface area (Å²) in [6.45, 7) is 0. The van der Waals surface area contributed by atoms with Crippen molar-refractivity contribution >= 4 is 11.6 Å². The third-order valence-electron chi connectivity index (χ3n) is 2.74. The summed E-state index contributed by atoms with van der Waals surface area (Å²) in [7, 11) is 0. The first-order valence-corrected chi connectivity index (χ1v) is 5.61. The van der Waals surface area contributed by atoms with E-state index in [2.05, 4.69) is 10.2 Å². The van der Waals surface area contributed by atoms with Crippen molar-refractivity contribution in [2.24, 2.45) is 0 Å². The fourth-order valence-corrected chi connectivity index (χ4v) is 1.98. The van der Waals surface area contributed by atoms with Crippen LogP contribution < -0.4 is 0 Å². The SMILES string of the molecule is Fc1ccc(F)c(-n2c(Cl)nnc2C2CC2)c1. The molecule has 1 fully saturated rings. The normalized spacial score (nSPS) is 15.2. The van der Waals surface area contributed by atoms with Gasteiger partial charge < -0.3 is 0 Å². The fraction of sp³-hybridized carbons (Fsp3) is 0.273. The Morgan fingerprint density at radius 2 is 2.00 bits per heavy atom. The minimum Gasteiger partial charge on any atom is -0.266 e. The van der Waals surface area contributed by atoms with Crippen LogP contribution in [0, 0.1) is 11.6 Å². The Kier molecular flexibility index (Phi) is 2.36. The van der Waals surface area contributed by atoms with Gasteiger partial charge in [-0.3, -0.25) is 4.57 Å². The van der Waals surface area contributed by atoms with E-state index in [1.807, 2.05) is 0 Å². The third kappa shape index (κ3) is 1.80. The average Bonchev–Trinajstić information content (AvgIpc) is 3.07. The molecule has 0 N–H and O–H groups in total.